The molecule has 1 aromatic rings. The second-order valence-electron chi connectivity index (χ2n) is 4.17. The predicted molar refractivity (Wildman–Crippen MR) is 70.8 cm³/mol. The summed E-state index contributed by atoms with van der Waals surface area (Å²) in [5.41, 5.74) is 2.01. The molecule has 0 fully saturated rings. The first-order chi connectivity index (χ1) is 7.54. The van der Waals surface area contributed by atoms with Gasteiger partial charge in [-0.1, -0.05) is 22.6 Å². The van der Waals surface area contributed by atoms with E-state index in [0.717, 1.165) is 15.7 Å². The Kier molecular flexibility index (Phi) is 2.66. The van der Waals surface area contributed by atoms with Gasteiger partial charge in [-0.3, -0.25) is 4.79 Å². The summed E-state index contributed by atoms with van der Waals surface area (Å²) in [4.78, 5) is 13.8. The van der Waals surface area contributed by atoms with Crippen LogP contribution in [0.5, 0.6) is 0 Å². The topological polar surface area (TPSA) is 44.1 Å². The number of hydrogen-bond donors (Lipinski definition) is 0. The summed E-state index contributed by atoms with van der Waals surface area (Å²) < 4.78 is 0.718. The molecule has 0 spiro atoms. The van der Waals surface area contributed by atoms with Gasteiger partial charge in [0.2, 0.25) is 5.91 Å². The molecule has 1 aromatic carbocycles. The molecule has 0 aromatic heterocycles. The van der Waals surface area contributed by atoms with Crippen LogP contribution in [0.1, 0.15) is 18.1 Å². The number of benzene rings is 1. The van der Waals surface area contributed by atoms with E-state index in [-0.39, 0.29) is 5.91 Å². The van der Waals surface area contributed by atoms with E-state index in [1.165, 1.54) is 0 Å². The first-order valence-corrected chi connectivity index (χ1v) is 6.46. The lowest BCUT2D eigenvalue weighted by Gasteiger charge is -2.19. The van der Waals surface area contributed by atoms with E-state index in [0.29, 0.717) is 5.56 Å². The number of nitriles is 1. The van der Waals surface area contributed by atoms with E-state index in [1.807, 2.05) is 19.1 Å². The minimum atomic E-state index is -0.489. The van der Waals surface area contributed by atoms with Crippen LogP contribution >= 0.6 is 22.6 Å². The van der Waals surface area contributed by atoms with Gasteiger partial charge in [0.05, 0.1) is 17.0 Å². The van der Waals surface area contributed by atoms with Gasteiger partial charge in [-0.2, -0.15) is 5.26 Å². The van der Waals surface area contributed by atoms with Crippen LogP contribution in [0.4, 0.5) is 5.69 Å². The van der Waals surface area contributed by atoms with Crippen molar-refractivity contribution < 1.29 is 4.79 Å². The van der Waals surface area contributed by atoms with Crippen molar-refractivity contribution in [3.8, 4) is 6.07 Å². The number of carbonyl (C=O) groups is 1. The summed E-state index contributed by atoms with van der Waals surface area (Å²) in [5.74, 6) is 0.104. The van der Waals surface area contributed by atoms with Gasteiger partial charge in [0.25, 0.3) is 0 Å². The number of anilines is 1. The maximum atomic E-state index is 12.2. The smallest absolute Gasteiger partial charge is 0.237 e. The van der Waals surface area contributed by atoms with Crippen molar-refractivity contribution in [2.24, 2.45) is 0 Å². The third-order valence-electron chi connectivity index (χ3n) is 3.13. The van der Waals surface area contributed by atoms with E-state index in [1.54, 1.807) is 18.0 Å². The highest BCUT2D eigenvalue weighted by Crippen LogP contribution is 2.42. The maximum absolute atomic E-state index is 12.2. The molecule has 0 radical (unpaired) electrons. The van der Waals surface area contributed by atoms with E-state index in [9.17, 15) is 4.79 Å². The van der Waals surface area contributed by atoms with Crippen LogP contribution in [-0.2, 0) is 10.2 Å². The average molecular weight is 326 g/mol. The Morgan fingerprint density at radius 3 is 2.81 bits per heavy atom. The molecule has 3 nitrogen and oxygen atoms in total. The van der Waals surface area contributed by atoms with Crippen LogP contribution in [0.15, 0.2) is 18.2 Å². The molecule has 1 aliphatic heterocycles. The molecule has 1 heterocycles. The zero-order chi connectivity index (χ0) is 11.9. The lowest BCUT2D eigenvalue weighted by molar-refractivity contribution is -0.121. The number of likely N-dealkylation sites (N-methyl/N-ethyl adjacent to an activating group) is 1. The average Bonchev–Trinajstić information content (AvgIpc) is 2.52. The highest BCUT2D eigenvalue weighted by Gasteiger charge is 2.45. The summed E-state index contributed by atoms with van der Waals surface area (Å²) >= 11 is 2.22. The Balaban J connectivity index is 2.68. The fourth-order valence-corrected chi connectivity index (χ4v) is 2.80. The minimum Gasteiger partial charge on any atom is -0.314 e. The van der Waals surface area contributed by atoms with Crippen LogP contribution in [0, 0.1) is 11.3 Å². The van der Waals surface area contributed by atoms with Crippen molar-refractivity contribution in [3.63, 3.8) is 0 Å². The van der Waals surface area contributed by atoms with Gasteiger partial charge < -0.3 is 4.90 Å². The molecule has 1 unspecified atom stereocenters. The molecule has 1 aliphatic rings. The predicted octanol–water partition coefficient (Wildman–Crippen LogP) is 2.23. The van der Waals surface area contributed by atoms with Gasteiger partial charge in [0.1, 0.15) is 0 Å². The van der Waals surface area contributed by atoms with Crippen LogP contribution in [0.3, 0.4) is 0 Å². The first kappa shape index (κ1) is 11.4. The van der Waals surface area contributed by atoms with Crippen LogP contribution in [0.25, 0.3) is 0 Å². The zero-order valence-corrected chi connectivity index (χ0v) is 11.3. The summed E-state index contributed by atoms with van der Waals surface area (Å²) in [6.45, 7) is 1.94. The number of halogens is 1. The zero-order valence-electron chi connectivity index (χ0n) is 9.12. The maximum Gasteiger partial charge on any atom is 0.237 e. The SMILES string of the molecule is CN1C(=O)C(C)(CI)c2cc(C#N)ccc21. The van der Waals surface area contributed by atoms with Crippen molar-refractivity contribution in [1.29, 1.82) is 5.26 Å². The van der Waals surface area contributed by atoms with Gasteiger partial charge in [0, 0.05) is 17.2 Å². The van der Waals surface area contributed by atoms with Crippen molar-refractivity contribution in [3.05, 3.63) is 29.3 Å². The van der Waals surface area contributed by atoms with Crippen LogP contribution in [0.2, 0.25) is 0 Å². The van der Waals surface area contributed by atoms with Crippen molar-refractivity contribution in [1.82, 2.24) is 0 Å². The van der Waals surface area contributed by atoms with Crippen LogP contribution in [-0.4, -0.2) is 17.4 Å². The lowest BCUT2D eigenvalue weighted by Crippen LogP contribution is -2.37. The Morgan fingerprint density at radius 2 is 2.25 bits per heavy atom. The number of alkyl halides is 1. The number of fused-ring (bicyclic) bond motifs is 1. The molecule has 0 saturated heterocycles. The Bertz CT molecular complexity index is 506. The molecule has 4 heteroatoms. The van der Waals surface area contributed by atoms with E-state index in [2.05, 4.69) is 28.7 Å². The molecular formula is C12H11IN2O. The van der Waals surface area contributed by atoms with Gasteiger partial charge in [-0.15, -0.1) is 0 Å². The second kappa shape index (κ2) is 3.74. The quantitative estimate of drug-likeness (QED) is 0.587. The standard InChI is InChI=1S/C12H11IN2O/c1-12(7-13)9-5-8(6-14)3-4-10(9)15(2)11(12)16/h3-5H,7H2,1-2H3. The summed E-state index contributed by atoms with van der Waals surface area (Å²) in [6.07, 6.45) is 0. The normalized spacial score (nSPS) is 23.1. The van der Waals surface area contributed by atoms with Gasteiger partial charge >= 0.3 is 0 Å². The molecular weight excluding hydrogens is 315 g/mol. The van der Waals surface area contributed by atoms with E-state index >= 15 is 0 Å². The summed E-state index contributed by atoms with van der Waals surface area (Å²) in [7, 11) is 1.78. The third kappa shape index (κ3) is 1.34. The fraction of sp³-hybridized carbons (Fsp3) is 0.333. The molecule has 1 atom stereocenters. The molecule has 0 N–H and O–H groups in total. The summed E-state index contributed by atoms with van der Waals surface area (Å²) in [5, 5.41) is 8.89. The molecule has 1 amide bonds. The number of rotatable bonds is 1. The molecule has 2 rings (SSSR count). The monoisotopic (exact) mass is 326 g/mol. The summed E-state index contributed by atoms with van der Waals surface area (Å²) in [6, 6.07) is 7.55. The number of nitrogens with zero attached hydrogens (tertiary/aromatic N) is 2. The lowest BCUT2D eigenvalue weighted by atomic mass is 9.85. The van der Waals surface area contributed by atoms with Crippen molar-refractivity contribution in [2.45, 2.75) is 12.3 Å². The van der Waals surface area contributed by atoms with Gasteiger partial charge in [0.15, 0.2) is 0 Å². The number of carbonyl (C=O) groups excluding carboxylic acids is 1. The first-order valence-electron chi connectivity index (χ1n) is 4.93. The van der Waals surface area contributed by atoms with E-state index < -0.39 is 5.41 Å². The van der Waals surface area contributed by atoms with Crippen molar-refractivity contribution in [2.75, 3.05) is 16.4 Å². The molecule has 82 valence electrons. The molecule has 0 saturated carbocycles. The minimum absolute atomic E-state index is 0.104. The molecule has 16 heavy (non-hydrogen) atoms. The molecule has 0 aliphatic carbocycles. The Labute approximate surface area is 108 Å². The number of hydrogen-bond acceptors (Lipinski definition) is 2. The highest BCUT2D eigenvalue weighted by atomic mass is 127. The number of amides is 1. The Hall–Kier alpha value is -1.09. The Morgan fingerprint density at radius 1 is 1.56 bits per heavy atom. The fourth-order valence-electron chi connectivity index (χ4n) is 2.06. The van der Waals surface area contributed by atoms with E-state index in [4.69, 9.17) is 5.26 Å². The third-order valence-corrected chi connectivity index (χ3v) is 4.65. The molecule has 0 bridgehead atoms. The van der Waals surface area contributed by atoms with Gasteiger partial charge in [-0.05, 0) is 30.7 Å². The van der Waals surface area contributed by atoms with Crippen LogP contribution < -0.4 is 4.90 Å². The highest BCUT2D eigenvalue weighted by molar-refractivity contribution is 14.1. The largest absolute Gasteiger partial charge is 0.314 e. The van der Waals surface area contributed by atoms with Crippen molar-refractivity contribution >= 4 is 34.2 Å². The second-order valence-corrected chi connectivity index (χ2v) is 4.94. The van der Waals surface area contributed by atoms with Gasteiger partial charge in [-0.25, -0.2) is 0 Å².